The maximum absolute atomic E-state index is 12.0. The van der Waals surface area contributed by atoms with Gasteiger partial charge in [0.25, 0.3) is 5.91 Å². The highest BCUT2D eigenvalue weighted by atomic mass is 31.2. The molecule has 3 N–H and O–H groups in total. The van der Waals surface area contributed by atoms with Crippen LogP contribution in [0.5, 0.6) is 0 Å². The van der Waals surface area contributed by atoms with Gasteiger partial charge in [0.1, 0.15) is 0 Å². The van der Waals surface area contributed by atoms with E-state index in [0.717, 1.165) is 5.56 Å². The van der Waals surface area contributed by atoms with Gasteiger partial charge in [0.15, 0.2) is 5.76 Å². The van der Waals surface area contributed by atoms with Crippen LogP contribution >= 0.6 is 8.60 Å². The Hall–Kier alpha value is -1.72. The largest absolute Gasteiger partial charge is 0.459 e. The van der Waals surface area contributed by atoms with Crippen molar-refractivity contribution in [3.05, 3.63) is 60.1 Å². The summed E-state index contributed by atoms with van der Waals surface area (Å²) in [5.74, 6) is -0.173. The zero-order chi connectivity index (χ0) is 15.1. The molecule has 1 aromatic heterocycles. The number of carbonyl (C=O) groups excluding carboxylic acids is 1. The van der Waals surface area contributed by atoms with E-state index in [-0.39, 0.29) is 18.3 Å². The maximum Gasteiger partial charge on any atom is 0.327 e. The zero-order valence-electron chi connectivity index (χ0n) is 11.2. The Labute approximate surface area is 123 Å². The van der Waals surface area contributed by atoms with E-state index >= 15 is 0 Å². The van der Waals surface area contributed by atoms with Crippen molar-refractivity contribution in [2.24, 2.45) is 0 Å². The molecule has 0 spiro atoms. The molecule has 2 rings (SSSR count). The monoisotopic (exact) mass is 309 g/mol. The lowest BCUT2D eigenvalue weighted by Crippen LogP contribution is -2.39. The summed E-state index contributed by atoms with van der Waals surface area (Å²) >= 11 is 0. The highest BCUT2D eigenvalue weighted by molar-refractivity contribution is 7.39. The van der Waals surface area contributed by atoms with Crippen molar-refractivity contribution in [3.63, 3.8) is 0 Å². The van der Waals surface area contributed by atoms with Gasteiger partial charge in [-0.2, -0.15) is 0 Å². The summed E-state index contributed by atoms with van der Waals surface area (Å²) in [7, 11) is -2.45. The summed E-state index contributed by atoms with van der Waals surface area (Å²) < 4.78 is 9.85. The summed E-state index contributed by atoms with van der Waals surface area (Å²) in [6.07, 6.45) is 1.93. The molecule has 0 fully saturated rings. The van der Waals surface area contributed by atoms with Gasteiger partial charge in [-0.15, -0.1) is 0 Å². The Kier molecular flexibility index (Phi) is 5.90. The topological polar surface area (TPSA) is 91.9 Å². The molecule has 1 atom stereocenters. The van der Waals surface area contributed by atoms with E-state index in [0.29, 0.717) is 6.42 Å². The van der Waals surface area contributed by atoms with Crippen LogP contribution in [-0.4, -0.2) is 28.3 Å². The zero-order valence-corrected chi connectivity index (χ0v) is 12.1. The number of carbonyl (C=O) groups is 1. The third kappa shape index (κ3) is 5.28. The average molecular weight is 309 g/mol. The van der Waals surface area contributed by atoms with Gasteiger partial charge in [-0.05, 0) is 24.1 Å². The van der Waals surface area contributed by atoms with E-state index < -0.39 is 14.6 Å². The molecule has 112 valence electrons. The summed E-state index contributed by atoms with van der Waals surface area (Å²) in [5.41, 5.74) is 1.01. The van der Waals surface area contributed by atoms with Crippen molar-refractivity contribution in [1.82, 2.24) is 5.32 Å². The van der Waals surface area contributed by atoms with Crippen LogP contribution in [0.1, 0.15) is 16.1 Å². The van der Waals surface area contributed by atoms with Crippen LogP contribution in [-0.2, 0) is 10.9 Å². The first-order valence-corrected chi connectivity index (χ1v) is 7.51. The smallest absolute Gasteiger partial charge is 0.327 e. The molecule has 0 radical (unpaired) electrons. The summed E-state index contributed by atoms with van der Waals surface area (Å²) in [6.45, 7) is 0.0000462. The molecule has 0 saturated carbocycles. The third-order valence-corrected chi connectivity index (χ3v) is 3.18. The minimum Gasteiger partial charge on any atom is -0.459 e. The number of amides is 1. The summed E-state index contributed by atoms with van der Waals surface area (Å²) in [5, 5.41) is 2.75. The molecule has 0 aliphatic carbocycles. The molecule has 0 saturated heterocycles. The van der Waals surface area contributed by atoms with Crippen molar-refractivity contribution >= 4 is 14.5 Å². The van der Waals surface area contributed by atoms with Gasteiger partial charge in [-0.1, -0.05) is 30.3 Å². The van der Waals surface area contributed by atoms with Gasteiger partial charge in [0, 0.05) is 0 Å². The molecule has 1 heterocycles. The second-order valence-electron chi connectivity index (χ2n) is 4.39. The lowest BCUT2D eigenvalue weighted by Gasteiger charge is -2.18. The van der Waals surface area contributed by atoms with Gasteiger partial charge in [0.05, 0.1) is 18.9 Å². The highest BCUT2D eigenvalue weighted by Crippen LogP contribution is 2.24. The van der Waals surface area contributed by atoms with E-state index in [2.05, 4.69) is 5.32 Å². The fourth-order valence-electron chi connectivity index (χ4n) is 1.87. The van der Waals surface area contributed by atoms with Crippen molar-refractivity contribution in [2.45, 2.75) is 12.5 Å². The number of hydrogen-bond acceptors (Lipinski definition) is 5. The van der Waals surface area contributed by atoms with Gasteiger partial charge in [0.2, 0.25) is 0 Å². The van der Waals surface area contributed by atoms with Crippen LogP contribution in [0, 0.1) is 0 Å². The standard InChI is InChI=1S/C14H16NO5P/c16-14(13-7-4-8-19-13)15-12(10-20-21(17)18)9-11-5-2-1-3-6-11/h1-8,12,17-18H,9-10H2,(H,15,16). The van der Waals surface area contributed by atoms with E-state index in [9.17, 15) is 4.79 Å². The minimum absolute atomic E-state index is 0.0000462. The number of rotatable bonds is 7. The molecule has 2 aromatic rings. The van der Waals surface area contributed by atoms with E-state index in [1.54, 1.807) is 12.1 Å². The van der Waals surface area contributed by atoms with Crippen molar-refractivity contribution in [1.29, 1.82) is 0 Å². The molecule has 1 unspecified atom stereocenters. The summed E-state index contributed by atoms with van der Waals surface area (Å²) in [6, 6.07) is 12.3. The quantitative estimate of drug-likeness (QED) is 0.679. The van der Waals surface area contributed by atoms with Crippen molar-refractivity contribution < 1.29 is 23.5 Å². The predicted molar refractivity (Wildman–Crippen MR) is 77.4 cm³/mol. The van der Waals surface area contributed by atoms with Gasteiger partial charge < -0.3 is 24.0 Å². The molecule has 0 aliphatic heterocycles. The molecular formula is C14H16NO5P. The van der Waals surface area contributed by atoms with Crippen LogP contribution in [0.3, 0.4) is 0 Å². The molecule has 21 heavy (non-hydrogen) atoms. The van der Waals surface area contributed by atoms with E-state index in [1.165, 1.54) is 6.26 Å². The Morgan fingerprint density at radius 3 is 2.62 bits per heavy atom. The van der Waals surface area contributed by atoms with Crippen molar-refractivity contribution in [2.75, 3.05) is 6.61 Å². The van der Waals surface area contributed by atoms with Crippen LogP contribution in [0.4, 0.5) is 0 Å². The third-order valence-electron chi connectivity index (χ3n) is 2.80. The predicted octanol–water partition coefficient (Wildman–Crippen LogP) is 1.85. The minimum atomic E-state index is -2.45. The maximum atomic E-state index is 12.0. The first-order valence-electron chi connectivity index (χ1n) is 6.34. The Morgan fingerprint density at radius 2 is 2.00 bits per heavy atom. The Morgan fingerprint density at radius 1 is 1.24 bits per heavy atom. The molecule has 7 heteroatoms. The van der Waals surface area contributed by atoms with Crippen LogP contribution in [0.2, 0.25) is 0 Å². The van der Waals surface area contributed by atoms with Crippen LogP contribution in [0.25, 0.3) is 0 Å². The molecule has 0 bridgehead atoms. The van der Waals surface area contributed by atoms with Crippen LogP contribution in [0.15, 0.2) is 53.1 Å². The number of nitrogens with one attached hydrogen (secondary N) is 1. The second kappa shape index (κ2) is 7.90. The number of furan rings is 1. The van der Waals surface area contributed by atoms with Gasteiger partial charge in [-0.3, -0.25) is 4.79 Å². The Bertz CT molecular complexity index is 544. The van der Waals surface area contributed by atoms with Crippen molar-refractivity contribution in [3.8, 4) is 0 Å². The molecule has 1 amide bonds. The fraction of sp³-hybridized carbons (Fsp3) is 0.214. The molecule has 0 aliphatic rings. The van der Waals surface area contributed by atoms with Gasteiger partial charge >= 0.3 is 8.60 Å². The second-order valence-corrected chi connectivity index (χ2v) is 5.15. The first-order chi connectivity index (χ1) is 10.1. The Balaban J connectivity index is 1.99. The summed E-state index contributed by atoms with van der Waals surface area (Å²) in [4.78, 5) is 29.7. The normalized spacial score (nSPS) is 12.3. The molecule has 1 aromatic carbocycles. The number of hydrogen-bond donors (Lipinski definition) is 3. The average Bonchev–Trinajstić information content (AvgIpc) is 3.00. The lowest BCUT2D eigenvalue weighted by atomic mass is 10.1. The highest BCUT2D eigenvalue weighted by Gasteiger charge is 2.17. The van der Waals surface area contributed by atoms with Gasteiger partial charge in [-0.25, -0.2) is 0 Å². The lowest BCUT2D eigenvalue weighted by molar-refractivity contribution is 0.0889. The van der Waals surface area contributed by atoms with Crippen LogP contribution < -0.4 is 5.32 Å². The molecular weight excluding hydrogens is 293 g/mol. The fourth-order valence-corrected chi connectivity index (χ4v) is 2.18. The van der Waals surface area contributed by atoms with E-state index in [4.69, 9.17) is 18.7 Å². The van der Waals surface area contributed by atoms with E-state index in [1.807, 2.05) is 30.3 Å². The number of benzene rings is 1. The molecule has 6 nitrogen and oxygen atoms in total. The first kappa shape index (κ1) is 15.7. The SMILES string of the molecule is O=C(NC(COP(O)O)Cc1ccccc1)c1ccco1.